The molecule has 15 heavy (non-hydrogen) atoms. The first-order valence-electron chi connectivity index (χ1n) is 4.95. The number of aryl methyl sites for hydroxylation is 1. The molecule has 0 aliphatic rings. The van der Waals surface area contributed by atoms with E-state index < -0.39 is 0 Å². The van der Waals surface area contributed by atoms with E-state index in [9.17, 15) is 0 Å². The Morgan fingerprint density at radius 1 is 1.20 bits per heavy atom. The summed E-state index contributed by atoms with van der Waals surface area (Å²) in [5.41, 5.74) is 8.75. The lowest BCUT2D eigenvalue weighted by atomic mass is 10.3. The Hall–Kier alpha value is -1.90. The van der Waals surface area contributed by atoms with Crippen molar-refractivity contribution in [3.63, 3.8) is 0 Å². The van der Waals surface area contributed by atoms with Crippen molar-refractivity contribution < 1.29 is 0 Å². The third-order valence-electron chi connectivity index (χ3n) is 2.44. The van der Waals surface area contributed by atoms with Crippen LogP contribution in [0.25, 0.3) is 0 Å². The van der Waals surface area contributed by atoms with Crippen LogP contribution < -0.4 is 11.1 Å². The molecule has 2 aromatic rings. The maximum Gasteiger partial charge on any atom is 0.0553 e. The zero-order valence-electron chi connectivity index (χ0n) is 8.77. The van der Waals surface area contributed by atoms with Gasteiger partial charge in [0.2, 0.25) is 0 Å². The third-order valence-corrected chi connectivity index (χ3v) is 2.44. The lowest BCUT2D eigenvalue weighted by molar-refractivity contribution is 0.842. The van der Waals surface area contributed by atoms with E-state index in [2.05, 4.69) is 16.0 Å². The van der Waals surface area contributed by atoms with Crippen molar-refractivity contribution in [3.8, 4) is 0 Å². The molecule has 0 amide bonds. The van der Waals surface area contributed by atoms with Gasteiger partial charge in [-0.2, -0.15) is 0 Å². The summed E-state index contributed by atoms with van der Waals surface area (Å²) < 4.78 is 2.10. The van der Waals surface area contributed by atoms with Crippen LogP contribution in [0.2, 0.25) is 0 Å². The van der Waals surface area contributed by atoms with Crippen molar-refractivity contribution >= 4 is 11.4 Å². The average molecular weight is 201 g/mol. The number of nitrogens with zero attached hydrogens (tertiary/aromatic N) is 1. The molecule has 0 atom stereocenters. The molecule has 1 aromatic heterocycles. The van der Waals surface area contributed by atoms with Crippen LogP contribution in [-0.2, 0) is 13.6 Å². The second-order valence-electron chi connectivity index (χ2n) is 3.59. The monoisotopic (exact) mass is 201 g/mol. The molecular formula is C12H15N3. The Labute approximate surface area is 89.5 Å². The Bertz CT molecular complexity index is 428. The molecule has 2 rings (SSSR count). The Kier molecular flexibility index (Phi) is 2.63. The third kappa shape index (κ3) is 2.31. The maximum absolute atomic E-state index is 5.61. The first kappa shape index (κ1) is 9.65. The van der Waals surface area contributed by atoms with Crippen LogP contribution in [0.1, 0.15) is 5.69 Å². The second-order valence-corrected chi connectivity index (χ2v) is 3.59. The van der Waals surface area contributed by atoms with Gasteiger partial charge in [-0.3, -0.25) is 0 Å². The maximum atomic E-state index is 5.61. The van der Waals surface area contributed by atoms with Gasteiger partial charge in [0.05, 0.1) is 6.54 Å². The molecular weight excluding hydrogens is 186 g/mol. The zero-order valence-corrected chi connectivity index (χ0v) is 8.77. The summed E-state index contributed by atoms with van der Waals surface area (Å²) in [4.78, 5) is 0. The lowest BCUT2D eigenvalue weighted by Crippen LogP contribution is -2.03. The van der Waals surface area contributed by atoms with Gasteiger partial charge in [0.1, 0.15) is 0 Å². The fourth-order valence-corrected chi connectivity index (χ4v) is 1.47. The van der Waals surface area contributed by atoms with Crippen molar-refractivity contribution in [2.24, 2.45) is 7.05 Å². The highest BCUT2D eigenvalue weighted by Crippen LogP contribution is 2.11. The summed E-state index contributed by atoms with van der Waals surface area (Å²) in [6.45, 7) is 0.827. The summed E-state index contributed by atoms with van der Waals surface area (Å²) in [5, 5.41) is 3.34. The van der Waals surface area contributed by atoms with Gasteiger partial charge in [-0.15, -0.1) is 0 Å². The van der Waals surface area contributed by atoms with Gasteiger partial charge in [0.25, 0.3) is 0 Å². The number of anilines is 2. The molecule has 0 radical (unpaired) electrons. The minimum Gasteiger partial charge on any atom is -0.399 e. The van der Waals surface area contributed by atoms with Crippen LogP contribution in [0.15, 0.2) is 42.6 Å². The van der Waals surface area contributed by atoms with Crippen LogP contribution in [0.3, 0.4) is 0 Å². The molecule has 0 fully saturated rings. The Morgan fingerprint density at radius 2 is 1.93 bits per heavy atom. The molecule has 3 nitrogen and oxygen atoms in total. The summed E-state index contributed by atoms with van der Waals surface area (Å²) in [6.07, 6.45) is 2.04. The molecule has 3 N–H and O–H groups in total. The fraction of sp³-hybridized carbons (Fsp3) is 0.167. The second kappa shape index (κ2) is 4.09. The predicted molar refractivity (Wildman–Crippen MR) is 63.6 cm³/mol. The van der Waals surface area contributed by atoms with Crippen molar-refractivity contribution in [1.82, 2.24) is 4.57 Å². The summed E-state index contributed by atoms with van der Waals surface area (Å²) in [5.74, 6) is 0. The Morgan fingerprint density at radius 3 is 2.53 bits per heavy atom. The topological polar surface area (TPSA) is 43.0 Å². The summed E-state index contributed by atoms with van der Waals surface area (Å²) >= 11 is 0. The van der Waals surface area contributed by atoms with Gasteiger partial charge in [-0.1, -0.05) is 0 Å². The zero-order chi connectivity index (χ0) is 10.7. The number of hydrogen-bond donors (Lipinski definition) is 2. The molecule has 0 bridgehead atoms. The van der Waals surface area contributed by atoms with Crippen molar-refractivity contribution in [2.75, 3.05) is 11.1 Å². The average Bonchev–Trinajstić information content (AvgIpc) is 2.63. The quantitative estimate of drug-likeness (QED) is 0.748. The molecule has 0 unspecified atom stereocenters. The summed E-state index contributed by atoms with van der Waals surface area (Å²) in [6, 6.07) is 11.9. The van der Waals surface area contributed by atoms with Gasteiger partial charge in [-0.05, 0) is 36.4 Å². The van der Waals surface area contributed by atoms with E-state index >= 15 is 0 Å². The van der Waals surface area contributed by atoms with Crippen LogP contribution in [0.4, 0.5) is 11.4 Å². The minimum absolute atomic E-state index is 0.791. The molecule has 0 saturated carbocycles. The number of aromatic nitrogens is 1. The number of hydrogen-bond acceptors (Lipinski definition) is 2. The SMILES string of the molecule is Cn1cccc1CNc1ccc(N)cc1. The number of rotatable bonds is 3. The molecule has 78 valence electrons. The molecule has 0 saturated heterocycles. The van der Waals surface area contributed by atoms with Crippen LogP contribution in [0.5, 0.6) is 0 Å². The van der Waals surface area contributed by atoms with Gasteiger partial charge in [0, 0.05) is 30.3 Å². The van der Waals surface area contributed by atoms with Gasteiger partial charge in [0.15, 0.2) is 0 Å². The first-order chi connectivity index (χ1) is 7.25. The van der Waals surface area contributed by atoms with Gasteiger partial charge < -0.3 is 15.6 Å². The van der Waals surface area contributed by atoms with Crippen LogP contribution >= 0.6 is 0 Å². The minimum atomic E-state index is 0.791. The largest absolute Gasteiger partial charge is 0.399 e. The van der Waals surface area contributed by atoms with Crippen LogP contribution in [0, 0.1) is 0 Å². The molecule has 3 heteroatoms. The van der Waals surface area contributed by atoms with Gasteiger partial charge in [-0.25, -0.2) is 0 Å². The standard InChI is InChI=1S/C12H15N3/c1-15-8-2-3-12(15)9-14-11-6-4-10(13)5-7-11/h2-8,14H,9,13H2,1H3. The molecule has 0 aliphatic carbocycles. The number of nitrogen functional groups attached to an aromatic ring is 1. The highest BCUT2D eigenvalue weighted by atomic mass is 15.0. The van der Waals surface area contributed by atoms with E-state index in [1.165, 1.54) is 5.69 Å². The smallest absolute Gasteiger partial charge is 0.0553 e. The normalized spacial score (nSPS) is 10.2. The van der Waals surface area contributed by atoms with E-state index in [1.807, 2.05) is 43.6 Å². The number of nitrogens with one attached hydrogen (secondary N) is 1. The summed E-state index contributed by atoms with van der Waals surface area (Å²) in [7, 11) is 2.04. The molecule has 1 aromatic carbocycles. The van der Waals surface area contributed by atoms with E-state index in [0.717, 1.165) is 17.9 Å². The number of nitrogens with two attached hydrogens (primary N) is 1. The lowest BCUT2D eigenvalue weighted by Gasteiger charge is -2.07. The van der Waals surface area contributed by atoms with E-state index in [1.54, 1.807) is 0 Å². The van der Waals surface area contributed by atoms with Crippen LogP contribution in [-0.4, -0.2) is 4.57 Å². The van der Waals surface area contributed by atoms with E-state index in [0.29, 0.717) is 0 Å². The fourth-order valence-electron chi connectivity index (χ4n) is 1.47. The van der Waals surface area contributed by atoms with Crippen molar-refractivity contribution in [2.45, 2.75) is 6.54 Å². The van der Waals surface area contributed by atoms with Gasteiger partial charge >= 0.3 is 0 Å². The Balaban J connectivity index is 1.99. The van der Waals surface area contributed by atoms with E-state index in [-0.39, 0.29) is 0 Å². The molecule has 1 heterocycles. The van der Waals surface area contributed by atoms with Crippen molar-refractivity contribution in [3.05, 3.63) is 48.3 Å². The molecule has 0 aliphatic heterocycles. The highest BCUT2D eigenvalue weighted by molar-refractivity contribution is 5.51. The number of benzene rings is 1. The van der Waals surface area contributed by atoms with Crippen molar-refractivity contribution in [1.29, 1.82) is 0 Å². The highest BCUT2D eigenvalue weighted by Gasteiger charge is 1.96. The predicted octanol–water partition coefficient (Wildman–Crippen LogP) is 2.22. The first-order valence-corrected chi connectivity index (χ1v) is 4.95. The van der Waals surface area contributed by atoms with E-state index in [4.69, 9.17) is 5.73 Å². The molecule has 0 spiro atoms.